The molecule has 0 aromatic rings. The summed E-state index contributed by atoms with van der Waals surface area (Å²) in [6, 6.07) is 0. The number of hydrogen-bond donors (Lipinski definition) is 2. The van der Waals surface area contributed by atoms with Crippen LogP contribution in [0.15, 0.2) is 5.16 Å². The highest BCUT2D eigenvalue weighted by atomic mass is 32.2. The van der Waals surface area contributed by atoms with Crippen LogP contribution in [-0.2, 0) is 9.53 Å². The average Bonchev–Trinajstić information content (AvgIpc) is 2.45. The molecule has 0 bridgehead atoms. The molecule has 6 nitrogen and oxygen atoms in total. The second-order valence-corrected chi connectivity index (χ2v) is 6.38. The van der Waals surface area contributed by atoms with E-state index in [0.717, 1.165) is 0 Å². The summed E-state index contributed by atoms with van der Waals surface area (Å²) in [4.78, 5) is 14.1. The van der Waals surface area contributed by atoms with Crippen LogP contribution in [0.25, 0.3) is 0 Å². The third kappa shape index (κ3) is 3.14. The third-order valence-electron chi connectivity index (χ3n) is 3.85. The van der Waals surface area contributed by atoms with Crippen molar-refractivity contribution in [2.45, 2.75) is 37.0 Å². The second kappa shape index (κ2) is 6.00. The summed E-state index contributed by atoms with van der Waals surface area (Å²) < 4.78 is 4.84. The maximum absolute atomic E-state index is 12.3. The number of nitrogens with two attached hydrogens (primary N) is 1. The van der Waals surface area contributed by atoms with Crippen LogP contribution in [0.3, 0.4) is 0 Å². The van der Waals surface area contributed by atoms with Crippen LogP contribution in [0.4, 0.5) is 0 Å². The molecule has 1 aliphatic heterocycles. The summed E-state index contributed by atoms with van der Waals surface area (Å²) in [7, 11) is 1.53. The molecule has 0 aromatic carbocycles. The zero-order valence-corrected chi connectivity index (χ0v) is 12.8. The van der Waals surface area contributed by atoms with E-state index in [9.17, 15) is 4.79 Å². The highest BCUT2D eigenvalue weighted by Gasteiger charge is 2.41. The van der Waals surface area contributed by atoms with Gasteiger partial charge in [0, 0.05) is 20.2 Å². The van der Waals surface area contributed by atoms with Crippen LogP contribution in [0.5, 0.6) is 0 Å². The fraction of sp³-hybridized carbons (Fsp3) is 0.833. The van der Waals surface area contributed by atoms with Crippen LogP contribution in [-0.4, -0.2) is 58.7 Å². The standard InChI is InChI=1S/C12H23N3O3S/c1-11(2,18-3)10(16)15-7-5-12(19-4,6-8-15)9(13)14-17/h17H,5-8H2,1-4H3,(H2,13,14). The van der Waals surface area contributed by atoms with E-state index in [1.165, 1.54) is 7.11 Å². The van der Waals surface area contributed by atoms with E-state index in [-0.39, 0.29) is 16.5 Å². The molecule has 19 heavy (non-hydrogen) atoms. The molecule has 3 N–H and O–H groups in total. The molecule has 110 valence electrons. The van der Waals surface area contributed by atoms with Crippen molar-refractivity contribution in [2.75, 3.05) is 26.5 Å². The number of amides is 1. The number of thioether (sulfide) groups is 1. The number of methoxy groups -OCH3 is 1. The van der Waals surface area contributed by atoms with Gasteiger partial charge in [0.15, 0.2) is 5.84 Å². The molecule has 1 rings (SSSR count). The molecule has 1 heterocycles. The monoisotopic (exact) mass is 289 g/mol. The Balaban J connectivity index is 2.75. The number of hydrogen-bond acceptors (Lipinski definition) is 5. The molecule has 1 fully saturated rings. The number of ether oxygens (including phenoxy) is 1. The first-order valence-electron chi connectivity index (χ1n) is 6.20. The third-order valence-corrected chi connectivity index (χ3v) is 5.25. The summed E-state index contributed by atoms with van der Waals surface area (Å²) in [6.07, 6.45) is 3.29. The number of likely N-dealkylation sites (tertiary alicyclic amines) is 1. The zero-order valence-electron chi connectivity index (χ0n) is 12.0. The summed E-state index contributed by atoms with van der Waals surface area (Å²) in [5, 5.41) is 12.0. The Morgan fingerprint density at radius 2 is 2.00 bits per heavy atom. The molecule has 1 aliphatic rings. The number of piperidine rings is 1. The summed E-state index contributed by atoms with van der Waals surface area (Å²) >= 11 is 1.57. The number of carbonyl (C=O) groups excluding carboxylic acids is 1. The SMILES string of the molecule is COC(C)(C)C(=O)N1CCC(SC)(C(N)=NO)CC1. The van der Waals surface area contributed by atoms with Crippen molar-refractivity contribution in [2.24, 2.45) is 10.9 Å². The average molecular weight is 289 g/mol. The molecule has 1 amide bonds. The van der Waals surface area contributed by atoms with E-state index in [4.69, 9.17) is 15.7 Å². The first-order chi connectivity index (χ1) is 8.83. The topological polar surface area (TPSA) is 88.2 Å². The molecule has 7 heteroatoms. The highest BCUT2D eigenvalue weighted by molar-refractivity contribution is 8.00. The molecule has 0 unspecified atom stereocenters. The predicted octanol–water partition coefficient (Wildman–Crippen LogP) is 0.882. The van der Waals surface area contributed by atoms with Crippen LogP contribution < -0.4 is 5.73 Å². The Bertz CT molecular complexity index is 363. The Hall–Kier alpha value is -0.950. The van der Waals surface area contributed by atoms with Crippen LogP contribution in [0.2, 0.25) is 0 Å². The lowest BCUT2D eigenvalue weighted by atomic mass is 9.93. The summed E-state index contributed by atoms with van der Waals surface area (Å²) in [6.45, 7) is 4.69. The fourth-order valence-electron chi connectivity index (χ4n) is 2.20. The summed E-state index contributed by atoms with van der Waals surface area (Å²) in [5.74, 6) is 0.210. The lowest BCUT2D eigenvalue weighted by Gasteiger charge is -2.41. The minimum absolute atomic E-state index is 0.0239. The number of carbonyl (C=O) groups is 1. The van der Waals surface area contributed by atoms with Gasteiger partial charge in [-0.1, -0.05) is 5.16 Å². The molecule has 0 aromatic heterocycles. The lowest BCUT2D eigenvalue weighted by Crippen LogP contribution is -2.55. The Morgan fingerprint density at radius 3 is 2.37 bits per heavy atom. The van der Waals surface area contributed by atoms with Crippen molar-refractivity contribution in [3.05, 3.63) is 0 Å². The molecule has 0 atom stereocenters. The van der Waals surface area contributed by atoms with E-state index < -0.39 is 5.60 Å². The quantitative estimate of drug-likeness (QED) is 0.347. The van der Waals surface area contributed by atoms with Crippen molar-refractivity contribution >= 4 is 23.5 Å². The van der Waals surface area contributed by atoms with Crippen molar-refractivity contribution in [3.63, 3.8) is 0 Å². The first-order valence-corrected chi connectivity index (χ1v) is 7.43. The molecule has 0 saturated carbocycles. The van der Waals surface area contributed by atoms with Crippen LogP contribution in [0.1, 0.15) is 26.7 Å². The Kier molecular flexibility index (Phi) is 5.09. The van der Waals surface area contributed by atoms with E-state index in [0.29, 0.717) is 25.9 Å². The van der Waals surface area contributed by atoms with Crippen molar-refractivity contribution < 1.29 is 14.7 Å². The molecule has 0 spiro atoms. The van der Waals surface area contributed by atoms with E-state index in [1.54, 1.807) is 30.5 Å². The van der Waals surface area contributed by atoms with Crippen molar-refractivity contribution in [1.29, 1.82) is 0 Å². The van der Waals surface area contributed by atoms with Gasteiger partial charge in [-0.05, 0) is 32.9 Å². The summed E-state index contributed by atoms with van der Waals surface area (Å²) in [5.41, 5.74) is 4.97. The van der Waals surface area contributed by atoms with Gasteiger partial charge in [0.1, 0.15) is 5.60 Å². The van der Waals surface area contributed by atoms with Gasteiger partial charge >= 0.3 is 0 Å². The van der Waals surface area contributed by atoms with Gasteiger partial charge in [0.05, 0.1) is 4.75 Å². The molecular weight excluding hydrogens is 266 g/mol. The zero-order chi connectivity index (χ0) is 14.7. The van der Waals surface area contributed by atoms with Gasteiger partial charge in [-0.15, -0.1) is 0 Å². The smallest absolute Gasteiger partial charge is 0.254 e. The molecule has 0 aliphatic carbocycles. The second-order valence-electron chi connectivity index (χ2n) is 5.19. The fourth-order valence-corrected chi connectivity index (χ4v) is 3.04. The van der Waals surface area contributed by atoms with Crippen molar-refractivity contribution in [3.8, 4) is 0 Å². The van der Waals surface area contributed by atoms with E-state index in [2.05, 4.69) is 5.16 Å². The van der Waals surface area contributed by atoms with E-state index >= 15 is 0 Å². The van der Waals surface area contributed by atoms with Gasteiger partial charge in [-0.25, -0.2) is 0 Å². The Labute approximate surface area is 118 Å². The van der Waals surface area contributed by atoms with Gasteiger partial charge in [0.25, 0.3) is 5.91 Å². The lowest BCUT2D eigenvalue weighted by molar-refractivity contribution is -0.152. The first kappa shape index (κ1) is 16.1. The van der Waals surface area contributed by atoms with Gasteiger partial charge < -0.3 is 20.6 Å². The van der Waals surface area contributed by atoms with Crippen LogP contribution in [0, 0.1) is 0 Å². The maximum atomic E-state index is 12.3. The molecule has 0 radical (unpaired) electrons. The highest BCUT2D eigenvalue weighted by Crippen LogP contribution is 2.35. The largest absolute Gasteiger partial charge is 0.409 e. The van der Waals surface area contributed by atoms with Crippen LogP contribution >= 0.6 is 11.8 Å². The molecule has 1 saturated heterocycles. The van der Waals surface area contributed by atoms with Gasteiger partial charge in [-0.3, -0.25) is 4.79 Å². The van der Waals surface area contributed by atoms with Gasteiger partial charge in [-0.2, -0.15) is 11.8 Å². The molecular formula is C12H23N3O3S. The van der Waals surface area contributed by atoms with Crippen molar-refractivity contribution in [1.82, 2.24) is 4.90 Å². The maximum Gasteiger partial charge on any atom is 0.254 e. The minimum Gasteiger partial charge on any atom is -0.409 e. The van der Waals surface area contributed by atoms with E-state index in [1.807, 2.05) is 6.26 Å². The van der Waals surface area contributed by atoms with Gasteiger partial charge in [0.2, 0.25) is 0 Å². The minimum atomic E-state index is -0.810. The number of nitrogens with zero attached hydrogens (tertiary/aromatic N) is 2. The number of oxime groups is 1. The predicted molar refractivity (Wildman–Crippen MR) is 76.6 cm³/mol. The Morgan fingerprint density at radius 1 is 1.47 bits per heavy atom. The number of rotatable bonds is 4. The number of amidine groups is 1. The normalized spacial score (nSPS) is 20.4.